The molecule has 1 aliphatic heterocycles. The number of hydrogen-bond donors (Lipinski definition) is 2. The van der Waals surface area contributed by atoms with Crippen LogP contribution < -0.4 is 10.2 Å². The SMILES string of the molecule is COC(=O)c1cc(N2CCOCC2)ccc1NC(=O)CCCc1c[nH]c2ccccc12. The number of hydrogen-bond acceptors (Lipinski definition) is 5. The molecule has 1 amide bonds. The van der Waals surface area contributed by atoms with E-state index in [1.54, 1.807) is 12.1 Å². The van der Waals surface area contributed by atoms with Crippen LogP contribution in [0.4, 0.5) is 11.4 Å². The van der Waals surface area contributed by atoms with Gasteiger partial charge < -0.3 is 24.7 Å². The minimum absolute atomic E-state index is 0.121. The lowest BCUT2D eigenvalue weighted by Crippen LogP contribution is -2.36. The number of amides is 1. The Morgan fingerprint density at radius 3 is 2.77 bits per heavy atom. The van der Waals surface area contributed by atoms with Crippen molar-refractivity contribution in [3.05, 3.63) is 59.8 Å². The summed E-state index contributed by atoms with van der Waals surface area (Å²) < 4.78 is 10.3. The van der Waals surface area contributed by atoms with Gasteiger partial charge in [-0.1, -0.05) is 18.2 Å². The van der Waals surface area contributed by atoms with Crippen LogP contribution in [0.25, 0.3) is 10.9 Å². The van der Waals surface area contributed by atoms with Crippen LogP contribution in [0.2, 0.25) is 0 Å². The number of carbonyl (C=O) groups is 2. The number of fused-ring (bicyclic) bond motifs is 1. The molecular formula is C24H27N3O4. The van der Waals surface area contributed by atoms with Crippen LogP contribution in [0, 0.1) is 0 Å². The molecule has 1 aromatic heterocycles. The van der Waals surface area contributed by atoms with Crippen molar-refractivity contribution in [2.24, 2.45) is 0 Å². The van der Waals surface area contributed by atoms with Crippen LogP contribution in [0.3, 0.4) is 0 Å². The Balaban J connectivity index is 1.40. The maximum atomic E-state index is 12.6. The van der Waals surface area contributed by atoms with Gasteiger partial charge in [-0.25, -0.2) is 4.79 Å². The molecule has 7 nitrogen and oxygen atoms in total. The Bertz CT molecular complexity index is 1070. The summed E-state index contributed by atoms with van der Waals surface area (Å²) in [6.07, 6.45) is 3.89. The van der Waals surface area contributed by atoms with Crippen molar-refractivity contribution in [2.75, 3.05) is 43.6 Å². The number of aromatic amines is 1. The fraction of sp³-hybridized carbons (Fsp3) is 0.333. The van der Waals surface area contributed by atoms with E-state index in [9.17, 15) is 9.59 Å². The Hall–Kier alpha value is -3.32. The zero-order chi connectivity index (χ0) is 21.6. The highest BCUT2D eigenvalue weighted by atomic mass is 16.5. The average Bonchev–Trinajstić information content (AvgIpc) is 3.22. The highest BCUT2D eigenvalue weighted by molar-refractivity contribution is 6.02. The molecule has 2 aromatic carbocycles. The van der Waals surface area contributed by atoms with Gasteiger partial charge in [-0.2, -0.15) is 0 Å². The maximum absolute atomic E-state index is 12.6. The molecule has 2 N–H and O–H groups in total. The number of anilines is 2. The Morgan fingerprint density at radius 2 is 1.97 bits per heavy atom. The quantitative estimate of drug-likeness (QED) is 0.568. The van der Waals surface area contributed by atoms with Gasteiger partial charge in [0.2, 0.25) is 5.91 Å². The summed E-state index contributed by atoms with van der Waals surface area (Å²) in [5, 5.41) is 4.07. The molecule has 0 unspecified atom stereocenters. The Labute approximate surface area is 181 Å². The van der Waals surface area contributed by atoms with Crippen molar-refractivity contribution in [1.29, 1.82) is 0 Å². The molecule has 0 spiro atoms. The minimum atomic E-state index is -0.468. The van der Waals surface area contributed by atoms with Crippen molar-refractivity contribution >= 4 is 34.2 Å². The first-order valence-electron chi connectivity index (χ1n) is 10.6. The van der Waals surface area contributed by atoms with Crippen molar-refractivity contribution in [3.8, 4) is 0 Å². The van der Waals surface area contributed by atoms with Crippen molar-refractivity contribution in [1.82, 2.24) is 4.98 Å². The zero-order valence-electron chi connectivity index (χ0n) is 17.6. The Morgan fingerprint density at radius 1 is 1.16 bits per heavy atom. The molecule has 2 heterocycles. The largest absolute Gasteiger partial charge is 0.465 e. The van der Waals surface area contributed by atoms with Crippen molar-refractivity contribution < 1.29 is 19.1 Å². The summed E-state index contributed by atoms with van der Waals surface area (Å²) in [6.45, 7) is 2.84. The van der Waals surface area contributed by atoms with E-state index in [0.29, 0.717) is 37.3 Å². The number of morpholine rings is 1. The fourth-order valence-corrected chi connectivity index (χ4v) is 3.93. The van der Waals surface area contributed by atoms with Gasteiger partial charge in [-0.05, 0) is 42.7 Å². The number of aromatic nitrogens is 1. The number of H-pyrrole nitrogens is 1. The first-order chi connectivity index (χ1) is 15.2. The zero-order valence-corrected chi connectivity index (χ0v) is 17.6. The Kier molecular flexibility index (Phi) is 6.52. The minimum Gasteiger partial charge on any atom is -0.465 e. The van der Waals surface area contributed by atoms with E-state index < -0.39 is 5.97 Å². The molecular weight excluding hydrogens is 394 g/mol. The third kappa shape index (κ3) is 4.88. The predicted molar refractivity (Wildman–Crippen MR) is 121 cm³/mol. The number of benzene rings is 2. The molecule has 0 aliphatic carbocycles. The molecule has 0 atom stereocenters. The second-order valence-corrected chi connectivity index (χ2v) is 7.58. The molecule has 31 heavy (non-hydrogen) atoms. The van der Waals surface area contributed by atoms with Gasteiger partial charge in [0.05, 0.1) is 31.6 Å². The summed E-state index contributed by atoms with van der Waals surface area (Å²) in [5.41, 5.74) is 4.05. The number of nitrogens with zero attached hydrogens (tertiary/aromatic N) is 1. The summed E-state index contributed by atoms with van der Waals surface area (Å²) in [5.74, 6) is -0.590. The van der Waals surface area contributed by atoms with E-state index in [4.69, 9.17) is 9.47 Å². The normalized spacial score (nSPS) is 13.9. The van der Waals surface area contributed by atoms with Crippen LogP contribution in [-0.2, 0) is 20.7 Å². The van der Waals surface area contributed by atoms with E-state index in [1.165, 1.54) is 18.1 Å². The molecule has 1 aliphatic rings. The monoisotopic (exact) mass is 421 g/mol. The molecule has 1 fully saturated rings. The predicted octanol–water partition coefficient (Wildman–Crippen LogP) is 3.75. The number of rotatable bonds is 7. The van der Waals surface area contributed by atoms with E-state index >= 15 is 0 Å². The number of para-hydroxylation sites is 1. The summed E-state index contributed by atoms with van der Waals surface area (Å²) in [7, 11) is 1.34. The van der Waals surface area contributed by atoms with Crippen LogP contribution in [0.5, 0.6) is 0 Å². The standard InChI is InChI=1S/C24H27N3O4/c1-30-24(29)20-15-18(27-11-13-31-14-12-27)9-10-22(20)26-23(28)8-4-5-17-16-25-21-7-3-2-6-19(17)21/h2-3,6-7,9-10,15-16,25H,4-5,8,11-14H2,1H3,(H,26,28). The lowest BCUT2D eigenvalue weighted by atomic mass is 10.1. The van der Waals surface area contributed by atoms with E-state index in [1.807, 2.05) is 30.5 Å². The van der Waals surface area contributed by atoms with Gasteiger partial charge in [0.1, 0.15) is 0 Å². The lowest BCUT2D eigenvalue weighted by molar-refractivity contribution is -0.116. The molecule has 0 radical (unpaired) electrons. The lowest BCUT2D eigenvalue weighted by Gasteiger charge is -2.29. The first kappa shape index (κ1) is 20.9. The fourth-order valence-electron chi connectivity index (χ4n) is 3.93. The molecule has 0 saturated carbocycles. The van der Waals surface area contributed by atoms with E-state index in [2.05, 4.69) is 21.3 Å². The third-order valence-corrected chi connectivity index (χ3v) is 5.58. The molecule has 4 rings (SSSR count). The number of esters is 1. The molecule has 1 saturated heterocycles. The number of ether oxygens (including phenoxy) is 2. The van der Waals surface area contributed by atoms with Gasteiger partial charge >= 0.3 is 5.97 Å². The maximum Gasteiger partial charge on any atom is 0.340 e. The molecule has 7 heteroatoms. The van der Waals surface area contributed by atoms with E-state index in [0.717, 1.165) is 30.7 Å². The molecule has 3 aromatic rings. The summed E-state index contributed by atoms with van der Waals surface area (Å²) >= 11 is 0. The van der Waals surface area contributed by atoms with Crippen molar-refractivity contribution in [2.45, 2.75) is 19.3 Å². The third-order valence-electron chi connectivity index (χ3n) is 5.58. The highest BCUT2D eigenvalue weighted by Crippen LogP contribution is 2.25. The first-order valence-corrected chi connectivity index (χ1v) is 10.6. The molecule has 162 valence electrons. The van der Waals surface area contributed by atoms with Gasteiger partial charge in [-0.15, -0.1) is 0 Å². The van der Waals surface area contributed by atoms with Gasteiger partial charge in [0.15, 0.2) is 0 Å². The van der Waals surface area contributed by atoms with Gasteiger partial charge in [0.25, 0.3) is 0 Å². The number of carbonyl (C=O) groups excluding carboxylic acids is 2. The van der Waals surface area contributed by atoms with Gasteiger partial charge in [-0.3, -0.25) is 4.79 Å². The highest BCUT2D eigenvalue weighted by Gasteiger charge is 2.18. The number of methoxy groups -OCH3 is 1. The number of aryl methyl sites for hydroxylation is 1. The van der Waals surface area contributed by atoms with Crippen LogP contribution in [0.1, 0.15) is 28.8 Å². The smallest absolute Gasteiger partial charge is 0.340 e. The van der Waals surface area contributed by atoms with Crippen LogP contribution >= 0.6 is 0 Å². The topological polar surface area (TPSA) is 83.7 Å². The summed E-state index contributed by atoms with van der Waals surface area (Å²) in [4.78, 5) is 30.3. The van der Waals surface area contributed by atoms with Crippen LogP contribution in [-0.4, -0.2) is 50.3 Å². The van der Waals surface area contributed by atoms with Crippen molar-refractivity contribution in [3.63, 3.8) is 0 Å². The number of nitrogens with one attached hydrogen (secondary N) is 2. The second kappa shape index (κ2) is 9.66. The second-order valence-electron chi connectivity index (χ2n) is 7.58. The van der Waals surface area contributed by atoms with Gasteiger partial charge in [0, 0.05) is 42.3 Å². The average molecular weight is 421 g/mol. The summed E-state index contributed by atoms with van der Waals surface area (Å²) in [6, 6.07) is 13.6. The van der Waals surface area contributed by atoms with Crippen LogP contribution in [0.15, 0.2) is 48.7 Å². The molecule has 0 bridgehead atoms. The van der Waals surface area contributed by atoms with E-state index in [-0.39, 0.29) is 5.91 Å².